The molecular formula is C27H23NO3. The van der Waals surface area contributed by atoms with Crippen LogP contribution in [-0.2, 0) is 16.0 Å². The van der Waals surface area contributed by atoms with Crippen LogP contribution >= 0.6 is 0 Å². The van der Waals surface area contributed by atoms with Crippen molar-refractivity contribution in [2.75, 3.05) is 7.11 Å². The minimum atomic E-state index is -0.551. The molecule has 0 aliphatic heterocycles. The fraction of sp³-hybridized carbons (Fsp3) is 0.111. The highest BCUT2D eigenvalue weighted by atomic mass is 16.5. The van der Waals surface area contributed by atoms with Crippen molar-refractivity contribution in [1.82, 2.24) is 0 Å². The average molecular weight is 409 g/mol. The van der Waals surface area contributed by atoms with Gasteiger partial charge in [-0.3, -0.25) is 0 Å². The first-order valence-corrected chi connectivity index (χ1v) is 10.2. The Bertz CT molecular complexity index is 1180. The number of aliphatic imine (C=N–C) groups is 1. The first kappa shape index (κ1) is 20.4. The van der Waals surface area contributed by atoms with Crippen molar-refractivity contribution in [2.24, 2.45) is 4.99 Å². The van der Waals surface area contributed by atoms with Gasteiger partial charge in [0.1, 0.15) is 5.76 Å². The van der Waals surface area contributed by atoms with Crippen LogP contribution in [0.3, 0.4) is 0 Å². The van der Waals surface area contributed by atoms with E-state index in [4.69, 9.17) is 4.74 Å². The topological polar surface area (TPSA) is 58.9 Å². The monoisotopic (exact) mass is 409 g/mol. The summed E-state index contributed by atoms with van der Waals surface area (Å²) in [6.07, 6.45) is 3.00. The number of aryl methyl sites for hydroxylation is 1. The van der Waals surface area contributed by atoms with Crippen LogP contribution in [0.1, 0.15) is 28.7 Å². The van der Waals surface area contributed by atoms with Crippen molar-refractivity contribution in [1.29, 1.82) is 0 Å². The van der Waals surface area contributed by atoms with Crippen LogP contribution in [-0.4, -0.2) is 24.4 Å². The molecule has 0 unspecified atom stereocenters. The summed E-state index contributed by atoms with van der Waals surface area (Å²) >= 11 is 0. The van der Waals surface area contributed by atoms with E-state index in [1.165, 1.54) is 7.11 Å². The number of nitrogens with zero attached hydrogens (tertiary/aromatic N) is 1. The van der Waals surface area contributed by atoms with Gasteiger partial charge in [0.05, 0.1) is 7.11 Å². The zero-order chi connectivity index (χ0) is 21.6. The van der Waals surface area contributed by atoms with E-state index in [9.17, 15) is 9.90 Å². The number of methoxy groups -OCH3 is 1. The second kappa shape index (κ2) is 9.26. The molecule has 4 heteroatoms. The Balaban J connectivity index is 1.96. The first-order chi connectivity index (χ1) is 15.2. The lowest BCUT2D eigenvalue weighted by molar-refractivity contribution is -0.136. The molecule has 3 aromatic carbocycles. The molecule has 0 radical (unpaired) electrons. The second-order valence-corrected chi connectivity index (χ2v) is 7.23. The van der Waals surface area contributed by atoms with Gasteiger partial charge < -0.3 is 9.84 Å². The summed E-state index contributed by atoms with van der Waals surface area (Å²) in [5, 5.41) is 11.2. The summed E-state index contributed by atoms with van der Waals surface area (Å²) in [5.41, 5.74) is 4.98. The van der Waals surface area contributed by atoms with E-state index in [0.29, 0.717) is 17.6 Å². The Morgan fingerprint density at radius 2 is 1.55 bits per heavy atom. The van der Waals surface area contributed by atoms with E-state index < -0.39 is 5.97 Å². The molecule has 0 heterocycles. The Labute approximate surface area is 181 Å². The van der Waals surface area contributed by atoms with Gasteiger partial charge in [0.25, 0.3) is 0 Å². The van der Waals surface area contributed by atoms with Gasteiger partial charge >= 0.3 is 5.97 Å². The third-order valence-electron chi connectivity index (χ3n) is 5.32. The van der Waals surface area contributed by atoms with Crippen molar-refractivity contribution in [3.8, 4) is 0 Å². The molecule has 0 aromatic heterocycles. The average Bonchev–Trinajstić information content (AvgIpc) is 2.83. The van der Waals surface area contributed by atoms with Gasteiger partial charge in [-0.2, -0.15) is 0 Å². The molecule has 1 N–H and O–H groups in total. The molecular weight excluding hydrogens is 386 g/mol. The van der Waals surface area contributed by atoms with Crippen molar-refractivity contribution >= 4 is 23.5 Å². The normalized spacial score (nSPS) is 14.2. The molecule has 31 heavy (non-hydrogen) atoms. The zero-order valence-electron chi connectivity index (χ0n) is 17.3. The van der Waals surface area contributed by atoms with E-state index in [1.807, 2.05) is 84.9 Å². The summed E-state index contributed by atoms with van der Waals surface area (Å²) in [6.45, 7) is 0. The molecule has 0 saturated carbocycles. The molecule has 0 saturated heterocycles. The van der Waals surface area contributed by atoms with E-state index >= 15 is 0 Å². The highest BCUT2D eigenvalue weighted by Gasteiger charge is 2.26. The fourth-order valence-corrected chi connectivity index (χ4v) is 3.81. The third kappa shape index (κ3) is 4.33. The minimum absolute atomic E-state index is 0.165. The molecule has 0 fully saturated rings. The molecule has 1 aliphatic carbocycles. The quantitative estimate of drug-likeness (QED) is 0.339. The molecule has 4 nitrogen and oxygen atoms in total. The standard InChI is InChI=1S/C27H23NO3/c1-31-27(30)25(28-18-19-10-4-2-5-11-19)24(21-13-6-3-7-14-21)23-17-16-20-12-8-9-15-22(20)26(23)29/h2-15,18,29H,16-17H2,1H3. The number of benzene rings is 3. The van der Waals surface area contributed by atoms with E-state index in [1.54, 1.807) is 6.21 Å². The van der Waals surface area contributed by atoms with Crippen molar-refractivity contribution in [3.05, 3.63) is 118 Å². The number of hydrogen-bond donors (Lipinski definition) is 1. The Kier molecular flexibility index (Phi) is 6.08. The van der Waals surface area contributed by atoms with Gasteiger partial charge in [0.2, 0.25) is 0 Å². The maximum absolute atomic E-state index is 12.8. The number of rotatable bonds is 5. The zero-order valence-corrected chi connectivity index (χ0v) is 17.3. The molecule has 0 bridgehead atoms. The summed E-state index contributed by atoms with van der Waals surface area (Å²) in [5.74, 6) is -0.373. The summed E-state index contributed by atoms with van der Waals surface area (Å²) in [4.78, 5) is 17.4. The Hall–Kier alpha value is -3.92. The SMILES string of the molecule is COC(=O)C(N=Cc1ccccc1)=C(C1=C(O)c2ccccc2CC1)c1ccccc1. The van der Waals surface area contributed by atoms with Gasteiger partial charge in [-0.15, -0.1) is 0 Å². The lowest BCUT2D eigenvalue weighted by atomic mass is 9.84. The predicted molar refractivity (Wildman–Crippen MR) is 124 cm³/mol. The summed E-state index contributed by atoms with van der Waals surface area (Å²) in [7, 11) is 1.34. The van der Waals surface area contributed by atoms with E-state index in [2.05, 4.69) is 4.99 Å². The van der Waals surface area contributed by atoms with E-state index in [0.717, 1.165) is 28.7 Å². The number of carbonyl (C=O) groups excluding carboxylic acids is 1. The van der Waals surface area contributed by atoms with Gasteiger partial charge in [0, 0.05) is 22.9 Å². The Morgan fingerprint density at radius 3 is 2.26 bits per heavy atom. The van der Waals surface area contributed by atoms with Crippen LogP contribution in [0.15, 0.2) is 101 Å². The maximum Gasteiger partial charge on any atom is 0.357 e. The molecule has 4 rings (SSSR count). The van der Waals surface area contributed by atoms with Crippen molar-refractivity contribution < 1.29 is 14.6 Å². The highest BCUT2D eigenvalue weighted by Crippen LogP contribution is 2.39. The number of allylic oxidation sites excluding steroid dienone is 2. The lowest BCUT2D eigenvalue weighted by Gasteiger charge is -2.23. The Morgan fingerprint density at radius 1 is 0.903 bits per heavy atom. The number of aliphatic hydroxyl groups is 1. The van der Waals surface area contributed by atoms with Gasteiger partial charge in [0.15, 0.2) is 5.70 Å². The van der Waals surface area contributed by atoms with Crippen LogP contribution in [0.25, 0.3) is 11.3 Å². The van der Waals surface area contributed by atoms with Crippen LogP contribution < -0.4 is 0 Å². The molecule has 3 aromatic rings. The van der Waals surface area contributed by atoms with Crippen LogP contribution in [0.5, 0.6) is 0 Å². The maximum atomic E-state index is 12.8. The molecule has 1 aliphatic rings. The van der Waals surface area contributed by atoms with Gasteiger partial charge in [-0.25, -0.2) is 9.79 Å². The van der Waals surface area contributed by atoms with Crippen molar-refractivity contribution in [2.45, 2.75) is 12.8 Å². The van der Waals surface area contributed by atoms with E-state index in [-0.39, 0.29) is 11.5 Å². The predicted octanol–water partition coefficient (Wildman–Crippen LogP) is 5.61. The first-order valence-electron chi connectivity index (χ1n) is 10.2. The smallest absolute Gasteiger partial charge is 0.357 e. The molecule has 0 atom stereocenters. The fourth-order valence-electron chi connectivity index (χ4n) is 3.81. The summed E-state index contributed by atoms with van der Waals surface area (Å²) in [6, 6.07) is 26.9. The number of ether oxygens (including phenoxy) is 1. The number of fused-ring (bicyclic) bond motifs is 1. The van der Waals surface area contributed by atoms with Gasteiger partial charge in [-0.05, 0) is 29.5 Å². The molecule has 0 amide bonds. The van der Waals surface area contributed by atoms with Crippen LogP contribution in [0.2, 0.25) is 0 Å². The van der Waals surface area contributed by atoms with Crippen LogP contribution in [0, 0.1) is 0 Å². The highest BCUT2D eigenvalue weighted by molar-refractivity contribution is 6.05. The summed E-state index contributed by atoms with van der Waals surface area (Å²) < 4.78 is 5.08. The molecule has 0 spiro atoms. The second-order valence-electron chi connectivity index (χ2n) is 7.23. The third-order valence-corrected chi connectivity index (χ3v) is 5.32. The number of aliphatic hydroxyl groups excluding tert-OH is 1. The number of carbonyl (C=O) groups is 1. The number of hydrogen-bond acceptors (Lipinski definition) is 4. The number of esters is 1. The largest absolute Gasteiger partial charge is 0.507 e. The minimum Gasteiger partial charge on any atom is -0.507 e. The van der Waals surface area contributed by atoms with Crippen molar-refractivity contribution in [3.63, 3.8) is 0 Å². The van der Waals surface area contributed by atoms with Gasteiger partial charge in [-0.1, -0.05) is 84.9 Å². The molecule has 154 valence electrons. The van der Waals surface area contributed by atoms with Crippen LogP contribution in [0.4, 0.5) is 0 Å². The lowest BCUT2D eigenvalue weighted by Crippen LogP contribution is -2.12.